The first kappa shape index (κ1) is 37.3. The first-order valence-corrected chi connectivity index (χ1v) is 18.2. The second-order valence-corrected chi connectivity index (χ2v) is 14.0. The van der Waals surface area contributed by atoms with Crippen LogP contribution in [0.1, 0.15) is 44.1 Å². The van der Waals surface area contributed by atoms with Gasteiger partial charge in [0.15, 0.2) is 5.78 Å². The molecule has 54 heavy (non-hydrogen) atoms. The van der Waals surface area contributed by atoms with E-state index in [9.17, 15) is 20.3 Å². The van der Waals surface area contributed by atoms with Crippen molar-refractivity contribution < 1.29 is 24.5 Å². The molecular formula is C40H37Cl2N7O5. The first-order valence-electron chi connectivity index (χ1n) is 17.5. The fraction of sp³-hybridized carbons (Fsp3) is 0.300. The lowest BCUT2D eigenvalue weighted by atomic mass is 9.97. The summed E-state index contributed by atoms with van der Waals surface area (Å²) in [7, 11) is 1.54. The molecule has 3 aromatic heterocycles. The molecule has 5 aromatic rings. The van der Waals surface area contributed by atoms with E-state index in [1.54, 1.807) is 31.6 Å². The summed E-state index contributed by atoms with van der Waals surface area (Å²) in [6, 6.07) is 16.6. The smallest absolute Gasteiger partial charge is 0.237 e. The van der Waals surface area contributed by atoms with Gasteiger partial charge in [0.2, 0.25) is 5.88 Å². The second-order valence-electron chi connectivity index (χ2n) is 13.3. The Labute approximate surface area is 322 Å². The standard InChI is InChI=1S/C40H37Cl2N7O5/c1-53-40-35(22-49-19-27(51)20-49)45-18-33(47-40)31-7-3-6-29(39(31)42)28-5-2-4-26(38(28)41)13-36(52)32-14-37(54-23-25-12-24(15-43)16-44-17-25)30-8-9-48(10-11-50)21-34(30)46-32/h2-7,12,14,16-18,27,50-51H,8-11,13,19-23H2,1H3. The zero-order valence-electron chi connectivity index (χ0n) is 29.5. The first-order chi connectivity index (χ1) is 26.2. The zero-order chi connectivity index (χ0) is 37.8. The number of carbonyl (C=O) groups is 1. The van der Waals surface area contributed by atoms with Crippen LogP contribution in [0.15, 0.2) is 67.1 Å². The van der Waals surface area contributed by atoms with Gasteiger partial charge in [-0.2, -0.15) is 5.26 Å². The minimum atomic E-state index is -0.324. The summed E-state index contributed by atoms with van der Waals surface area (Å²) in [6.07, 6.45) is 5.08. The maximum Gasteiger partial charge on any atom is 0.237 e. The van der Waals surface area contributed by atoms with Crippen molar-refractivity contribution in [2.75, 3.05) is 39.9 Å². The van der Waals surface area contributed by atoms with Crippen LogP contribution in [0.2, 0.25) is 10.0 Å². The number of methoxy groups -OCH3 is 1. The molecule has 2 aliphatic rings. The lowest BCUT2D eigenvalue weighted by molar-refractivity contribution is -0.00403. The van der Waals surface area contributed by atoms with E-state index in [-0.39, 0.29) is 37.2 Å². The van der Waals surface area contributed by atoms with Crippen molar-refractivity contribution in [2.45, 2.75) is 38.6 Å². The number of hydrogen-bond acceptors (Lipinski definition) is 12. The average Bonchev–Trinajstić information content (AvgIpc) is 3.17. The second kappa shape index (κ2) is 16.6. The SMILES string of the molecule is COc1nc(-c2cccc(-c3cccc(CC(=O)c4cc(OCc5cncc(C#N)c5)c5c(n4)CN(CCO)CC5)c3Cl)c2Cl)cnc1CN1CC(O)C1. The van der Waals surface area contributed by atoms with E-state index in [1.807, 2.05) is 36.4 Å². The van der Waals surface area contributed by atoms with Gasteiger partial charge in [0.25, 0.3) is 0 Å². The summed E-state index contributed by atoms with van der Waals surface area (Å²) in [4.78, 5) is 36.4. The normalized spacial score (nSPS) is 14.6. The number of likely N-dealkylation sites (tertiary alicyclic amines) is 1. The molecule has 1 fully saturated rings. The van der Waals surface area contributed by atoms with Crippen LogP contribution >= 0.6 is 23.2 Å². The fourth-order valence-electron chi connectivity index (χ4n) is 6.76. The molecule has 2 N–H and O–H groups in total. The van der Waals surface area contributed by atoms with Crippen molar-refractivity contribution in [3.8, 4) is 40.1 Å². The molecule has 0 radical (unpaired) electrons. The van der Waals surface area contributed by atoms with Crippen molar-refractivity contribution in [2.24, 2.45) is 0 Å². The number of hydrogen-bond donors (Lipinski definition) is 2. The fourth-order valence-corrected chi connectivity index (χ4v) is 7.38. The molecule has 0 unspecified atom stereocenters. The topological polar surface area (TPSA) is 158 Å². The van der Waals surface area contributed by atoms with E-state index < -0.39 is 0 Å². The molecule has 7 rings (SSSR count). The van der Waals surface area contributed by atoms with Crippen LogP contribution in [0.4, 0.5) is 0 Å². The minimum Gasteiger partial charge on any atom is -0.488 e. The number of nitriles is 1. The third-order valence-electron chi connectivity index (χ3n) is 9.55. The van der Waals surface area contributed by atoms with E-state index in [2.05, 4.69) is 25.8 Å². The van der Waals surface area contributed by atoms with Crippen LogP contribution in [0.5, 0.6) is 11.6 Å². The number of β-amino-alcohol motifs (C(OH)–C–C–N with tert-alkyl or cyclic N) is 2. The number of aromatic nitrogens is 4. The molecule has 2 aliphatic heterocycles. The predicted octanol–water partition coefficient (Wildman–Crippen LogP) is 5.32. The van der Waals surface area contributed by atoms with Crippen LogP contribution in [0, 0.1) is 11.3 Å². The van der Waals surface area contributed by atoms with Gasteiger partial charge in [-0.15, -0.1) is 0 Å². The number of benzene rings is 2. The number of aliphatic hydroxyl groups excluding tert-OH is 2. The quantitative estimate of drug-likeness (QED) is 0.149. The lowest BCUT2D eigenvalue weighted by Crippen LogP contribution is -2.50. The Morgan fingerprint density at radius 2 is 1.80 bits per heavy atom. The van der Waals surface area contributed by atoms with Crippen LogP contribution < -0.4 is 9.47 Å². The largest absolute Gasteiger partial charge is 0.488 e. The average molecular weight is 767 g/mol. The monoisotopic (exact) mass is 765 g/mol. The van der Waals surface area contributed by atoms with Crippen molar-refractivity contribution >= 4 is 29.0 Å². The van der Waals surface area contributed by atoms with Gasteiger partial charge in [-0.05, 0) is 18.1 Å². The van der Waals surface area contributed by atoms with Crippen molar-refractivity contribution in [1.82, 2.24) is 29.7 Å². The highest BCUT2D eigenvalue weighted by molar-refractivity contribution is 6.38. The van der Waals surface area contributed by atoms with E-state index in [1.165, 1.54) is 6.20 Å². The van der Waals surface area contributed by atoms with Crippen molar-refractivity contribution in [1.29, 1.82) is 5.26 Å². The molecule has 12 nitrogen and oxygen atoms in total. The van der Waals surface area contributed by atoms with Gasteiger partial charge in [0.1, 0.15) is 29.8 Å². The summed E-state index contributed by atoms with van der Waals surface area (Å²) in [5, 5.41) is 29.3. The number of ether oxygens (including phenoxy) is 2. The number of halogens is 2. The Hall–Kier alpha value is -5.00. The molecule has 0 spiro atoms. The lowest BCUT2D eigenvalue weighted by Gasteiger charge is -2.35. The summed E-state index contributed by atoms with van der Waals surface area (Å²) in [6.45, 7) is 3.51. The minimum absolute atomic E-state index is 0.0144. The maximum absolute atomic E-state index is 14.0. The number of aliphatic hydroxyl groups is 2. The van der Waals surface area contributed by atoms with Gasteiger partial charge in [0, 0.05) is 92.0 Å². The van der Waals surface area contributed by atoms with Crippen molar-refractivity contribution in [3.05, 3.63) is 117 Å². The van der Waals surface area contributed by atoms with E-state index in [0.717, 1.165) is 16.8 Å². The third kappa shape index (κ3) is 8.07. The molecule has 1 saturated heterocycles. The van der Waals surface area contributed by atoms with Gasteiger partial charge < -0.3 is 19.7 Å². The number of nitrogens with zero attached hydrogens (tertiary/aromatic N) is 7. The van der Waals surface area contributed by atoms with E-state index in [0.29, 0.717) is 107 Å². The summed E-state index contributed by atoms with van der Waals surface area (Å²) < 4.78 is 11.8. The van der Waals surface area contributed by atoms with Gasteiger partial charge in [-0.1, -0.05) is 59.6 Å². The highest BCUT2D eigenvalue weighted by atomic mass is 35.5. The summed E-state index contributed by atoms with van der Waals surface area (Å²) in [5.41, 5.74) is 6.76. The van der Waals surface area contributed by atoms with Crippen LogP contribution in [0.25, 0.3) is 22.4 Å². The third-order valence-corrected chi connectivity index (χ3v) is 10.4. The Kier molecular flexibility index (Phi) is 11.5. The molecular weight excluding hydrogens is 729 g/mol. The summed E-state index contributed by atoms with van der Waals surface area (Å²) >= 11 is 14.1. The highest BCUT2D eigenvalue weighted by Crippen LogP contribution is 2.40. The van der Waals surface area contributed by atoms with Gasteiger partial charge in [0.05, 0.1) is 53.0 Å². The number of ketones is 1. The number of fused-ring (bicyclic) bond motifs is 1. The van der Waals surface area contributed by atoms with Crippen molar-refractivity contribution in [3.63, 3.8) is 0 Å². The molecule has 5 heterocycles. The number of rotatable bonds is 13. The van der Waals surface area contributed by atoms with Crippen LogP contribution in [0.3, 0.4) is 0 Å². The zero-order valence-corrected chi connectivity index (χ0v) is 31.0. The molecule has 2 aromatic carbocycles. The maximum atomic E-state index is 14.0. The Morgan fingerprint density at radius 1 is 1.02 bits per heavy atom. The summed E-state index contributed by atoms with van der Waals surface area (Å²) in [5.74, 6) is 0.679. The molecule has 0 bridgehead atoms. The highest BCUT2D eigenvalue weighted by Gasteiger charge is 2.27. The molecule has 0 aliphatic carbocycles. The van der Waals surface area contributed by atoms with E-state index in [4.69, 9.17) is 42.6 Å². The molecule has 0 saturated carbocycles. The number of pyridine rings is 2. The molecule has 14 heteroatoms. The predicted molar refractivity (Wildman–Crippen MR) is 202 cm³/mol. The Balaban J connectivity index is 1.15. The molecule has 0 amide bonds. The van der Waals surface area contributed by atoms with E-state index >= 15 is 0 Å². The molecule has 0 atom stereocenters. The van der Waals surface area contributed by atoms with Gasteiger partial charge >= 0.3 is 0 Å². The Morgan fingerprint density at radius 3 is 2.56 bits per heavy atom. The number of carbonyl (C=O) groups excluding carboxylic acids is 1. The van der Waals surface area contributed by atoms with Crippen LogP contribution in [-0.2, 0) is 32.5 Å². The van der Waals surface area contributed by atoms with Gasteiger partial charge in [-0.3, -0.25) is 24.6 Å². The number of Topliss-reactive ketones (excluding diaryl/α,β-unsaturated/α-hetero) is 1. The van der Waals surface area contributed by atoms with Crippen LogP contribution in [-0.4, -0.2) is 91.7 Å². The molecule has 276 valence electrons. The Bertz CT molecular complexity index is 2240. The van der Waals surface area contributed by atoms with Gasteiger partial charge in [-0.25, -0.2) is 9.97 Å².